The Kier molecular flexibility index (Phi) is 26.1. The minimum atomic E-state index is -1.01. The van der Waals surface area contributed by atoms with E-state index >= 15 is 0 Å². The number of H-pyrrole nitrogens is 1. The number of thioether (sulfide) groups is 1. The topological polar surface area (TPSA) is 418 Å². The first-order valence-electron chi connectivity index (χ1n) is 36.7. The SMILES string of the molecule is COc1cc(Nc2ncc(F)c(Nc3ccc4c(n3)NC(=O)C(C)(C)O4)n2)cc(OC)c1C.COc1ccc(Nc2ncc(F)c(Nc3ccc4c(n3)NC(=O)CO4)n2)cc1Cl.Cc1nc2ccc(Nc3ncc(F)c(Nc4ccc5c(c4)NC(=O)C(C)(C)S5)n3)cc2[nH]1.[C-]#[N+]COc1ccc(Nc2nc(Nc3ccc(C(C)=O)cc3)ncc2F)cc1Cl. The van der Waals surface area contributed by atoms with Gasteiger partial charge >= 0.3 is 6.73 Å². The fraction of sp³-hybridized carbons (Fsp3) is 0.171. The summed E-state index contributed by atoms with van der Waals surface area (Å²) in [6, 6.07) is 37.6. The number of carbonyl (C=O) groups is 4. The molecule has 0 saturated carbocycles. The quantitative estimate of drug-likeness (QED) is 0.0170. The number of nitrogens with one attached hydrogen (secondary N) is 12. The number of hydrogen-bond acceptors (Lipinski definition) is 30. The van der Waals surface area contributed by atoms with E-state index < -0.39 is 33.6 Å². The Balaban J connectivity index is 0.000000141. The monoisotopic (exact) mass is 1730 g/mol. The lowest BCUT2D eigenvalue weighted by Crippen LogP contribution is -2.46. The largest absolute Gasteiger partial charge is 0.496 e. The fourth-order valence-corrected chi connectivity index (χ4v) is 13.0. The number of amides is 3. The van der Waals surface area contributed by atoms with Crippen LogP contribution in [-0.4, -0.2) is 128 Å². The second-order valence-electron chi connectivity index (χ2n) is 27.4. The van der Waals surface area contributed by atoms with Crippen LogP contribution < -0.4 is 86.9 Å². The summed E-state index contributed by atoms with van der Waals surface area (Å²) in [7, 11) is 4.63. The number of benzene rings is 6. The van der Waals surface area contributed by atoms with Crippen LogP contribution in [0.3, 0.4) is 0 Å². The molecule has 0 bridgehead atoms. The van der Waals surface area contributed by atoms with E-state index in [1.54, 1.807) is 125 Å². The highest BCUT2D eigenvalue weighted by Crippen LogP contribution is 2.44. The number of ketones is 1. The van der Waals surface area contributed by atoms with Crippen molar-refractivity contribution in [1.29, 1.82) is 0 Å². The predicted molar refractivity (Wildman–Crippen MR) is 458 cm³/mol. The van der Waals surface area contributed by atoms with Gasteiger partial charge in [0.1, 0.15) is 40.5 Å². The van der Waals surface area contributed by atoms with Gasteiger partial charge in [-0.15, -0.1) is 11.8 Å². The number of Topliss-reactive ketones (excluding diaryl/α,β-unsaturated/α-hetero) is 1. The van der Waals surface area contributed by atoms with E-state index in [1.807, 2.05) is 58.0 Å². The molecular formula is C82H72Cl2F4N24O10S. The lowest BCUT2D eigenvalue weighted by atomic mass is 10.1. The van der Waals surface area contributed by atoms with E-state index in [0.717, 1.165) is 57.8 Å². The van der Waals surface area contributed by atoms with Crippen molar-refractivity contribution in [3.8, 4) is 34.5 Å². The highest BCUT2D eigenvalue weighted by Gasteiger charge is 2.37. The van der Waals surface area contributed by atoms with Gasteiger partial charge in [0.25, 0.3) is 11.8 Å². The van der Waals surface area contributed by atoms with Crippen molar-refractivity contribution in [1.82, 2.24) is 59.8 Å². The Labute approximate surface area is 712 Å². The molecule has 16 rings (SSSR count). The van der Waals surface area contributed by atoms with Crippen molar-refractivity contribution in [2.24, 2.45) is 0 Å². The van der Waals surface area contributed by atoms with Crippen LogP contribution in [0.4, 0.5) is 128 Å². The summed E-state index contributed by atoms with van der Waals surface area (Å²) in [5, 5.41) is 32.2. The van der Waals surface area contributed by atoms with Crippen LogP contribution in [0.1, 0.15) is 56.4 Å². The molecule has 0 radical (unpaired) electrons. The first-order valence-corrected chi connectivity index (χ1v) is 38.3. The van der Waals surface area contributed by atoms with Gasteiger partial charge in [-0.25, -0.2) is 59.0 Å². The molecule has 41 heteroatoms. The molecule has 12 N–H and O–H groups in total. The average molecular weight is 1730 g/mol. The van der Waals surface area contributed by atoms with Crippen molar-refractivity contribution in [2.45, 2.75) is 63.7 Å². The maximum atomic E-state index is 14.4. The molecule has 0 atom stereocenters. The number of carbonyl (C=O) groups excluding carboxylic acids is 4. The molecule has 3 aliphatic rings. The number of imidazole rings is 1. The van der Waals surface area contributed by atoms with Gasteiger partial charge in [0.2, 0.25) is 29.7 Å². The lowest BCUT2D eigenvalue weighted by molar-refractivity contribution is -0.129. The molecule has 7 aromatic heterocycles. The van der Waals surface area contributed by atoms with Gasteiger partial charge < -0.3 is 91.9 Å². The van der Waals surface area contributed by atoms with E-state index in [2.05, 4.69) is 123 Å². The molecular weight excluding hydrogens is 1660 g/mol. The lowest BCUT2D eigenvalue weighted by Gasteiger charge is -2.30. The van der Waals surface area contributed by atoms with Crippen molar-refractivity contribution >= 4 is 180 Å². The Morgan fingerprint density at radius 1 is 0.520 bits per heavy atom. The Bertz CT molecular complexity index is 6250. The number of rotatable bonds is 22. The van der Waals surface area contributed by atoms with Gasteiger partial charge in [-0.2, -0.15) is 19.9 Å². The maximum Gasteiger partial charge on any atom is 0.357 e. The first-order chi connectivity index (χ1) is 58.9. The summed E-state index contributed by atoms with van der Waals surface area (Å²) in [4.78, 5) is 99.8. The van der Waals surface area contributed by atoms with Crippen LogP contribution >= 0.6 is 35.0 Å². The zero-order valence-corrected chi connectivity index (χ0v) is 68.9. The summed E-state index contributed by atoms with van der Waals surface area (Å²) in [5.74, 6) is 1.90. The third kappa shape index (κ3) is 21.5. The van der Waals surface area contributed by atoms with E-state index in [4.69, 9.17) is 58.2 Å². The second kappa shape index (κ2) is 37.4. The minimum absolute atomic E-state index is 0.0241. The van der Waals surface area contributed by atoms with Gasteiger partial charge in [0.05, 0.1) is 77.6 Å². The number of aromatic amines is 1. The predicted octanol–water partition coefficient (Wildman–Crippen LogP) is 17.7. The summed E-state index contributed by atoms with van der Waals surface area (Å²) < 4.78 is 88.5. The molecule has 6 aromatic carbocycles. The van der Waals surface area contributed by atoms with Crippen LogP contribution in [0.5, 0.6) is 34.5 Å². The molecule has 3 aliphatic heterocycles. The van der Waals surface area contributed by atoms with Gasteiger partial charge in [-0.05, 0) is 170 Å². The summed E-state index contributed by atoms with van der Waals surface area (Å²) in [5.41, 5.74) is 6.51. The molecule has 0 unspecified atom stereocenters. The Morgan fingerprint density at radius 2 is 0.992 bits per heavy atom. The third-order valence-electron chi connectivity index (χ3n) is 17.6. The smallest absolute Gasteiger partial charge is 0.357 e. The number of pyridine rings is 2. The molecule has 13 aromatic rings. The van der Waals surface area contributed by atoms with Gasteiger partial charge in [-0.3, -0.25) is 24.0 Å². The average Bonchev–Trinajstić information content (AvgIpc) is 1.10. The molecule has 0 aliphatic carbocycles. The molecule has 628 valence electrons. The van der Waals surface area contributed by atoms with Crippen LogP contribution in [0, 0.1) is 43.7 Å². The van der Waals surface area contributed by atoms with Crippen molar-refractivity contribution < 1.29 is 65.2 Å². The number of aryl methyl sites for hydroxylation is 1. The summed E-state index contributed by atoms with van der Waals surface area (Å²) in [6.07, 6.45) is 4.20. The zero-order chi connectivity index (χ0) is 87.4. The molecule has 3 amide bonds. The maximum absolute atomic E-state index is 14.4. The summed E-state index contributed by atoms with van der Waals surface area (Å²) in [6.45, 7) is 18.8. The van der Waals surface area contributed by atoms with Crippen LogP contribution in [-0.2, 0) is 14.4 Å². The van der Waals surface area contributed by atoms with Crippen molar-refractivity contribution in [3.63, 3.8) is 0 Å². The highest BCUT2D eigenvalue weighted by molar-refractivity contribution is 8.01. The minimum Gasteiger partial charge on any atom is -0.496 e. The van der Waals surface area contributed by atoms with E-state index in [0.29, 0.717) is 79.2 Å². The number of aromatic nitrogens is 12. The Hall–Kier alpha value is -15.2. The Morgan fingerprint density at radius 3 is 1.53 bits per heavy atom. The third-order valence-corrected chi connectivity index (χ3v) is 19.5. The van der Waals surface area contributed by atoms with E-state index in [-0.39, 0.29) is 112 Å². The number of halogens is 6. The molecule has 10 heterocycles. The van der Waals surface area contributed by atoms with Crippen LogP contribution in [0.15, 0.2) is 163 Å². The van der Waals surface area contributed by atoms with Gasteiger partial charge in [-0.1, -0.05) is 23.2 Å². The molecule has 123 heavy (non-hydrogen) atoms. The van der Waals surface area contributed by atoms with Crippen LogP contribution in [0.2, 0.25) is 10.0 Å². The molecule has 34 nitrogen and oxygen atoms in total. The molecule has 0 spiro atoms. The number of ether oxygens (including phenoxy) is 6. The summed E-state index contributed by atoms with van der Waals surface area (Å²) >= 11 is 13.7. The van der Waals surface area contributed by atoms with Gasteiger partial charge in [0.15, 0.2) is 87.7 Å². The normalized spacial score (nSPS) is 12.9. The highest BCUT2D eigenvalue weighted by atomic mass is 35.5. The zero-order valence-electron chi connectivity index (χ0n) is 66.6. The van der Waals surface area contributed by atoms with Crippen LogP contribution in [0.25, 0.3) is 15.9 Å². The molecule has 0 saturated heterocycles. The van der Waals surface area contributed by atoms with Gasteiger partial charge in [0, 0.05) is 62.3 Å². The fourth-order valence-electron chi connectivity index (χ4n) is 11.5. The number of hydrogen-bond donors (Lipinski definition) is 12. The number of anilines is 19. The van der Waals surface area contributed by atoms with Crippen molar-refractivity contribution in [3.05, 3.63) is 220 Å². The molecule has 0 fully saturated rings. The van der Waals surface area contributed by atoms with E-state index in [1.165, 1.54) is 31.9 Å². The number of methoxy groups -OCH3 is 3. The second-order valence-corrected chi connectivity index (χ2v) is 29.9. The standard InChI is InChI=1S/C22H20FN7OS.C22H23FN6O4.C20H15ClFN5O2.C18H14ClFN6O3/c1-11-25-15-6-4-13(8-16(15)26-11)28-21-24-10-14(23)19(30-21)27-12-5-7-18-17(9-12)29-20(31)22(2,3)32-18;1-11-15(31-4)8-12(9-16(11)32-5)25-21-24-10-13(23)18(29-21)26-17-7-6-14-19(27-17)28-20(30)22(2,3)33-14;1-12(28)13-3-5-14(6-4-13)26-20-24-10-17(22)19(27-20)25-15-7-8-18(16(21)9-15)29-11-23-2;1-28-12-3-2-9(6-10(12)19)22-18-21-7-11(20)16(26-18)23-14-5-4-13-17(24-14)25-15(27)8-29-13/h4-10H,1-3H3,(H,25,26)(H,29,31)(H2,24,27,28,30);6-10H,1-5H3,(H3,24,25,26,27,28,29,30);3-10H,11H2,1H3,(H2,24,25,26,27);2-7H,8H2,1H3,(H3,21,22,23,24,25,26,27). The number of fused-ring (bicyclic) bond motifs is 4. The van der Waals surface area contributed by atoms with Crippen molar-refractivity contribution in [2.75, 3.05) is 93.2 Å². The number of nitrogens with zero attached hydrogens (tertiary/aromatic N) is 12. The first kappa shape index (κ1) is 85.7. The van der Waals surface area contributed by atoms with E-state index in [9.17, 15) is 36.7 Å².